The molecule has 0 N–H and O–H groups in total. The number of alkyl halides is 9. The van der Waals surface area contributed by atoms with Crippen molar-refractivity contribution in [2.24, 2.45) is 0 Å². The highest BCUT2D eigenvalue weighted by Gasteiger charge is 2.46. The molecule has 11 heteroatoms. The van der Waals surface area contributed by atoms with Crippen molar-refractivity contribution >= 4 is 0 Å². The third-order valence-electron chi connectivity index (χ3n) is 4.25. The van der Waals surface area contributed by atoms with Gasteiger partial charge in [0.15, 0.2) is 5.75 Å². The summed E-state index contributed by atoms with van der Waals surface area (Å²) in [6.45, 7) is 0.774. The number of ether oxygens (including phenoxy) is 1. The molecule has 2 nitrogen and oxygen atoms in total. The zero-order valence-electron chi connectivity index (χ0n) is 14.3. The van der Waals surface area contributed by atoms with E-state index in [1.165, 1.54) is 12.1 Å². The van der Waals surface area contributed by atoms with E-state index in [9.17, 15) is 39.5 Å². The molecule has 1 radical (unpaired) electrons. The molecular formula is C18H11F9NO. The van der Waals surface area contributed by atoms with Crippen molar-refractivity contribution in [3.63, 3.8) is 0 Å². The summed E-state index contributed by atoms with van der Waals surface area (Å²) < 4.78 is 124. The van der Waals surface area contributed by atoms with Gasteiger partial charge in [0, 0.05) is 13.1 Å². The number of hydrogen-bond acceptors (Lipinski definition) is 1. The van der Waals surface area contributed by atoms with Gasteiger partial charge in [-0.05, 0) is 41.8 Å². The summed E-state index contributed by atoms with van der Waals surface area (Å²) in [6.07, 6.45) is -16.0. The van der Waals surface area contributed by atoms with Gasteiger partial charge in [-0.3, -0.25) is 0 Å². The first-order chi connectivity index (χ1) is 13.3. The number of halogens is 9. The molecular weight excluding hydrogens is 417 g/mol. The van der Waals surface area contributed by atoms with Gasteiger partial charge in [-0.15, -0.1) is 0 Å². The zero-order valence-corrected chi connectivity index (χ0v) is 14.3. The number of rotatable bonds is 2. The van der Waals surface area contributed by atoms with E-state index in [0.717, 1.165) is 11.6 Å². The van der Waals surface area contributed by atoms with Crippen LogP contribution in [0, 0.1) is 0 Å². The van der Waals surface area contributed by atoms with E-state index >= 15 is 0 Å². The van der Waals surface area contributed by atoms with Crippen molar-refractivity contribution in [3.05, 3.63) is 58.1 Å². The van der Waals surface area contributed by atoms with Gasteiger partial charge in [-0.2, -0.15) is 39.5 Å². The van der Waals surface area contributed by atoms with Crippen LogP contribution in [0.5, 0.6) is 11.5 Å². The standard InChI is InChI=1S/C18H11F9NO/c19-16(20,21)11-6-13(17(22,23)24)15(14(7-11)18(25,26)27)29-12-2-1-10-8-28-4-3-9(10)5-12/h1-2,5-7H,3-4,8H2. The lowest BCUT2D eigenvalue weighted by atomic mass is 10.0. The number of benzene rings is 2. The maximum Gasteiger partial charge on any atom is 0.420 e. The third kappa shape index (κ3) is 4.60. The van der Waals surface area contributed by atoms with Crippen LogP contribution in [-0.4, -0.2) is 6.54 Å². The molecule has 29 heavy (non-hydrogen) atoms. The Bertz CT molecular complexity index is 878. The van der Waals surface area contributed by atoms with Gasteiger partial charge in [0.2, 0.25) is 0 Å². The lowest BCUT2D eigenvalue weighted by molar-refractivity contribution is -0.149. The fraction of sp³-hybridized carbons (Fsp3) is 0.333. The van der Waals surface area contributed by atoms with Crippen molar-refractivity contribution in [1.29, 1.82) is 0 Å². The summed E-state index contributed by atoms with van der Waals surface area (Å²) in [7, 11) is 0. The summed E-state index contributed by atoms with van der Waals surface area (Å²) in [4.78, 5) is 0. The quantitative estimate of drug-likeness (QED) is 0.523. The Kier molecular flexibility index (Phi) is 5.22. The molecule has 0 fully saturated rings. The van der Waals surface area contributed by atoms with Crippen LogP contribution in [0.1, 0.15) is 27.8 Å². The van der Waals surface area contributed by atoms with E-state index in [4.69, 9.17) is 4.74 Å². The summed E-state index contributed by atoms with van der Waals surface area (Å²) in [6, 6.07) is 3.08. The molecule has 0 aromatic heterocycles. The monoisotopic (exact) mass is 428 g/mol. The average molecular weight is 428 g/mol. The van der Waals surface area contributed by atoms with Gasteiger partial charge in [0.05, 0.1) is 16.7 Å². The summed E-state index contributed by atoms with van der Waals surface area (Å²) in [5, 5.41) is 4.11. The Morgan fingerprint density at radius 2 is 1.31 bits per heavy atom. The molecule has 0 atom stereocenters. The largest absolute Gasteiger partial charge is 0.456 e. The second-order valence-corrected chi connectivity index (χ2v) is 6.28. The first kappa shape index (κ1) is 21.3. The van der Waals surface area contributed by atoms with E-state index in [1.807, 2.05) is 0 Å². The molecule has 0 unspecified atom stereocenters. The topological polar surface area (TPSA) is 23.3 Å². The number of hydrogen-bond donors (Lipinski definition) is 0. The van der Waals surface area contributed by atoms with Gasteiger partial charge in [0.25, 0.3) is 0 Å². The SMILES string of the molecule is FC(F)(F)c1cc(C(F)(F)F)c(Oc2ccc3c(c2)CC[N]C3)c(C(F)(F)F)c1. The van der Waals surface area contributed by atoms with Crippen LogP contribution in [0.15, 0.2) is 30.3 Å². The highest BCUT2D eigenvalue weighted by atomic mass is 19.4. The highest BCUT2D eigenvalue weighted by molar-refractivity contribution is 5.51. The molecule has 3 rings (SSSR count). The lowest BCUT2D eigenvalue weighted by Crippen LogP contribution is -2.18. The Hall–Kier alpha value is -2.43. The van der Waals surface area contributed by atoms with Crippen LogP contribution >= 0.6 is 0 Å². The van der Waals surface area contributed by atoms with E-state index in [0.29, 0.717) is 25.1 Å². The minimum absolute atomic E-state index is 0.345. The van der Waals surface area contributed by atoms with Crippen molar-refractivity contribution in [2.75, 3.05) is 6.54 Å². The fourth-order valence-electron chi connectivity index (χ4n) is 2.89. The van der Waals surface area contributed by atoms with Gasteiger partial charge in [-0.25, -0.2) is 5.32 Å². The van der Waals surface area contributed by atoms with Crippen LogP contribution in [0.2, 0.25) is 0 Å². The summed E-state index contributed by atoms with van der Waals surface area (Å²) in [5.74, 6) is -2.07. The minimum Gasteiger partial charge on any atom is -0.456 e. The minimum atomic E-state index is -5.51. The van der Waals surface area contributed by atoms with Crippen molar-refractivity contribution in [1.82, 2.24) is 5.32 Å². The maximum absolute atomic E-state index is 13.3. The molecule has 0 amide bonds. The second kappa shape index (κ2) is 7.12. The molecule has 0 saturated carbocycles. The maximum atomic E-state index is 13.3. The molecule has 1 aliphatic rings. The van der Waals surface area contributed by atoms with Crippen LogP contribution in [0.4, 0.5) is 39.5 Å². The fourth-order valence-corrected chi connectivity index (χ4v) is 2.89. The summed E-state index contributed by atoms with van der Waals surface area (Å²) in [5.41, 5.74) is -5.02. The Morgan fingerprint density at radius 3 is 1.83 bits per heavy atom. The van der Waals surface area contributed by atoms with E-state index in [-0.39, 0.29) is 17.9 Å². The third-order valence-corrected chi connectivity index (χ3v) is 4.25. The van der Waals surface area contributed by atoms with Crippen LogP contribution in [0.25, 0.3) is 0 Å². The van der Waals surface area contributed by atoms with Crippen LogP contribution < -0.4 is 10.1 Å². The Morgan fingerprint density at radius 1 is 0.724 bits per heavy atom. The van der Waals surface area contributed by atoms with Crippen LogP contribution in [-0.2, 0) is 31.5 Å². The first-order valence-electron chi connectivity index (χ1n) is 8.09. The van der Waals surface area contributed by atoms with Crippen molar-refractivity contribution in [3.8, 4) is 11.5 Å². The zero-order chi connectivity index (χ0) is 21.6. The number of fused-ring (bicyclic) bond motifs is 1. The smallest absolute Gasteiger partial charge is 0.420 e. The van der Waals surface area contributed by atoms with Gasteiger partial charge < -0.3 is 4.74 Å². The van der Waals surface area contributed by atoms with E-state index in [2.05, 4.69) is 5.32 Å². The van der Waals surface area contributed by atoms with Crippen molar-refractivity contribution in [2.45, 2.75) is 31.5 Å². The molecule has 157 valence electrons. The van der Waals surface area contributed by atoms with Gasteiger partial charge in [0.1, 0.15) is 5.75 Å². The second-order valence-electron chi connectivity index (χ2n) is 6.28. The van der Waals surface area contributed by atoms with E-state index < -0.39 is 41.0 Å². The average Bonchev–Trinajstić information content (AvgIpc) is 2.59. The van der Waals surface area contributed by atoms with E-state index in [1.54, 1.807) is 0 Å². The first-order valence-corrected chi connectivity index (χ1v) is 8.09. The number of nitrogens with zero attached hydrogens (tertiary/aromatic N) is 1. The predicted molar refractivity (Wildman–Crippen MR) is 82.4 cm³/mol. The van der Waals surface area contributed by atoms with Crippen LogP contribution in [0.3, 0.4) is 0 Å². The molecule has 0 aliphatic carbocycles. The molecule has 2 aromatic rings. The molecule has 0 spiro atoms. The molecule has 2 aromatic carbocycles. The van der Waals surface area contributed by atoms with Gasteiger partial charge in [-0.1, -0.05) is 6.07 Å². The molecule has 0 bridgehead atoms. The summed E-state index contributed by atoms with van der Waals surface area (Å²) >= 11 is 0. The molecule has 1 heterocycles. The van der Waals surface area contributed by atoms with Gasteiger partial charge >= 0.3 is 18.5 Å². The predicted octanol–water partition coefficient (Wildman–Crippen LogP) is 6.20. The molecule has 1 aliphatic heterocycles. The van der Waals surface area contributed by atoms with Crippen molar-refractivity contribution < 1.29 is 44.3 Å². The highest BCUT2D eigenvalue weighted by Crippen LogP contribution is 2.48. The Labute approximate surface area is 158 Å². The lowest BCUT2D eigenvalue weighted by Gasteiger charge is -2.22. The normalized spacial score (nSPS) is 15.2. The molecule has 0 saturated heterocycles. The Balaban J connectivity index is 2.18.